The second-order valence-corrected chi connectivity index (χ2v) is 9.08. The quantitative estimate of drug-likeness (QED) is 0.729. The zero-order valence-corrected chi connectivity index (χ0v) is 14.5. The van der Waals surface area contributed by atoms with Gasteiger partial charge in [-0.1, -0.05) is 47.5 Å². The average Bonchev–Trinajstić information content (AvgIpc) is 2.83. The fourth-order valence-corrected chi connectivity index (χ4v) is 4.29. The van der Waals surface area contributed by atoms with Crippen LogP contribution in [0.15, 0.2) is 0 Å². The van der Waals surface area contributed by atoms with Crippen molar-refractivity contribution in [2.24, 2.45) is 28.6 Å². The number of hydrogen-bond acceptors (Lipinski definition) is 2. The molecule has 2 aliphatic rings. The van der Waals surface area contributed by atoms with Crippen molar-refractivity contribution in [2.75, 3.05) is 0 Å². The Hall–Kier alpha value is -0.660. The Morgan fingerprint density at radius 2 is 1.38 bits per heavy atom. The molecule has 0 spiro atoms. The highest BCUT2D eigenvalue weighted by molar-refractivity contribution is 5.87. The van der Waals surface area contributed by atoms with E-state index in [1.807, 2.05) is 20.8 Å². The summed E-state index contributed by atoms with van der Waals surface area (Å²) >= 11 is 0. The van der Waals surface area contributed by atoms with E-state index in [9.17, 15) is 9.59 Å². The summed E-state index contributed by atoms with van der Waals surface area (Å²) < 4.78 is 0. The van der Waals surface area contributed by atoms with Gasteiger partial charge in [-0.05, 0) is 38.0 Å². The number of Topliss-reactive ketones (excluding diaryl/α,β-unsaturated/α-hetero) is 2. The molecule has 120 valence electrons. The normalized spacial score (nSPS) is 27.5. The summed E-state index contributed by atoms with van der Waals surface area (Å²) in [5.41, 5.74) is -0.416. The molecular formula is C19H32O2. The van der Waals surface area contributed by atoms with Gasteiger partial charge in [0, 0.05) is 22.7 Å². The van der Waals surface area contributed by atoms with Crippen molar-refractivity contribution in [1.82, 2.24) is 0 Å². The molecule has 2 aliphatic carbocycles. The van der Waals surface area contributed by atoms with Crippen molar-refractivity contribution in [3.05, 3.63) is 0 Å². The van der Waals surface area contributed by atoms with Crippen LogP contribution in [0.1, 0.15) is 79.6 Å². The molecule has 0 unspecified atom stereocenters. The fraction of sp³-hybridized carbons (Fsp3) is 0.895. The van der Waals surface area contributed by atoms with Crippen LogP contribution >= 0.6 is 0 Å². The number of hydrogen-bond donors (Lipinski definition) is 0. The van der Waals surface area contributed by atoms with E-state index in [0.29, 0.717) is 23.4 Å². The third-order valence-corrected chi connectivity index (χ3v) is 5.54. The van der Waals surface area contributed by atoms with Crippen LogP contribution in [0.4, 0.5) is 0 Å². The van der Waals surface area contributed by atoms with Crippen molar-refractivity contribution in [3.8, 4) is 0 Å². The third kappa shape index (κ3) is 3.76. The van der Waals surface area contributed by atoms with Crippen LogP contribution in [-0.2, 0) is 9.59 Å². The summed E-state index contributed by atoms with van der Waals surface area (Å²) in [6, 6.07) is 0. The lowest BCUT2D eigenvalue weighted by Crippen LogP contribution is -2.40. The van der Waals surface area contributed by atoms with Crippen molar-refractivity contribution in [1.29, 1.82) is 0 Å². The first-order valence-corrected chi connectivity index (χ1v) is 8.70. The molecule has 0 amide bonds. The smallest absolute Gasteiger partial charge is 0.141 e. The molecule has 2 saturated carbocycles. The van der Waals surface area contributed by atoms with Crippen LogP contribution < -0.4 is 0 Å². The molecule has 0 N–H and O–H groups in total. The standard InChI is InChI=1S/C19H32O2/c1-18(2,3)16(20)15-10-13(11-15)12-19(4,5)17(21)14-8-6-7-9-14/h13-15H,6-12H2,1-5H3. The monoisotopic (exact) mass is 292 g/mol. The minimum Gasteiger partial charge on any atom is -0.299 e. The summed E-state index contributed by atoms with van der Waals surface area (Å²) in [5.74, 6) is 2.00. The van der Waals surface area contributed by atoms with Gasteiger partial charge in [-0.2, -0.15) is 0 Å². The van der Waals surface area contributed by atoms with Gasteiger partial charge in [0.25, 0.3) is 0 Å². The molecule has 0 saturated heterocycles. The lowest BCUT2D eigenvalue weighted by Gasteiger charge is -2.41. The maximum atomic E-state index is 12.7. The maximum absolute atomic E-state index is 12.7. The average molecular weight is 292 g/mol. The minimum atomic E-state index is -0.217. The SMILES string of the molecule is CC(C)(C)C(=O)C1CC(CC(C)(C)C(=O)C2CCCC2)C1. The van der Waals surface area contributed by atoms with E-state index >= 15 is 0 Å². The van der Waals surface area contributed by atoms with Crippen LogP contribution in [0.25, 0.3) is 0 Å². The molecular weight excluding hydrogens is 260 g/mol. The Bertz CT molecular complexity index is 402. The Balaban J connectivity index is 1.83. The first kappa shape index (κ1) is 16.7. The van der Waals surface area contributed by atoms with E-state index in [1.165, 1.54) is 12.8 Å². The Morgan fingerprint density at radius 3 is 1.86 bits per heavy atom. The molecule has 0 aromatic rings. The van der Waals surface area contributed by atoms with Crippen LogP contribution in [0.5, 0.6) is 0 Å². The predicted molar refractivity (Wildman–Crippen MR) is 86.0 cm³/mol. The second-order valence-electron chi connectivity index (χ2n) is 9.08. The number of ketones is 2. The van der Waals surface area contributed by atoms with E-state index < -0.39 is 0 Å². The maximum Gasteiger partial charge on any atom is 0.141 e. The van der Waals surface area contributed by atoms with Gasteiger partial charge in [0.2, 0.25) is 0 Å². The van der Waals surface area contributed by atoms with Crippen molar-refractivity contribution >= 4 is 11.6 Å². The first-order valence-electron chi connectivity index (χ1n) is 8.70. The van der Waals surface area contributed by atoms with E-state index in [1.54, 1.807) is 0 Å². The van der Waals surface area contributed by atoms with Crippen molar-refractivity contribution in [3.63, 3.8) is 0 Å². The molecule has 21 heavy (non-hydrogen) atoms. The second kappa shape index (κ2) is 5.85. The summed E-state index contributed by atoms with van der Waals surface area (Å²) in [6.07, 6.45) is 7.59. The molecule has 2 fully saturated rings. The highest BCUT2D eigenvalue weighted by Gasteiger charge is 2.43. The fourth-order valence-electron chi connectivity index (χ4n) is 4.29. The molecule has 2 heteroatoms. The number of rotatable bonds is 5. The van der Waals surface area contributed by atoms with Gasteiger partial charge in [-0.3, -0.25) is 9.59 Å². The van der Waals surface area contributed by atoms with Crippen molar-refractivity contribution < 1.29 is 9.59 Å². The lowest BCUT2D eigenvalue weighted by atomic mass is 9.62. The van der Waals surface area contributed by atoms with Crippen LogP contribution in [0.2, 0.25) is 0 Å². The third-order valence-electron chi connectivity index (χ3n) is 5.54. The van der Waals surface area contributed by atoms with Gasteiger partial charge < -0.3 is 0 Å². The minimum absolute atomic E-state index is 0.199. The molecule has 0 bridgehead atoms. The van der Waals surface area contributed by atoms with Gasteiger partial charge >= 0.3 is 0 Å². The van der Waals surface area contributed by atoms with E-state index in [0.717, 1.165) is 32.1 Å². The summed E-state index contributed by atoms with van der Waals surface area (Å²) in [6.45, 7) is 10.3. The highest BCUT2D eigenvalue weighted by Crippen LogP contribution is 2.46. The summed E-state index contributed by atoms with van der Waals surface area (Å²) in [5, 5.41) is 0. The zero-order chi connectivity index (χ0) is 15.8. The van der Waals surface area contributed by atoms with Gasteiger partial charge in [0.05, 0.1) is 0 Å². The van der Waals surface area contributed by atoms with E-state index in [2.05, 4.69) is 13.8 Å². The molecule has 0 aromatic carbocycles. The molecule has 0 radical (unpaired) electrons. The van der Waals surface area contributed by atoms with Gasteiger partial charge in [-0.15, -0.1) is 0 Å². The van der Waals surface area contributed by atoms with Gasteiger partial charge in [0.15, 0.2) is 0 Å². The molecule has 0 heterocycles. The van der Waals surface area contributed by atoms with Gasteiger partial charge in [0.1, 0.15) is 11.6 Å². The molecule has 2 rings (SSSR count). The van der Waals surface area contributed by atoms with E-state index in [4.69, 9.17) is 0 Å². The summed E-state index contributed by atoms with van der Waals surface area (Å²) in [7, 11) is 0. The van der Waals surface area contributed by atoms with Crippen LogP contribution in [0, 0.1) is 28.6 Å². The Morgan fingerprint density at radius 1 is 0.857 bits per heavy atom. The Labute approximate surface area is 130 Å². The van der Waals surface area contributed by atoms with Gasteiger partial charge in [-0.25, -0.2) is 0 Å². The largest absolute Gasteiger partial charge is 0.299 e. The van der Waals surface area contributed by atoms with Crippen LogP contribution in [-0.4, -0.2) is 11.6 Å². The van der Waals surface area contributed by atoms with E-state index in [-0.39, 0.29) is 16.7 Å². The topological polar surface area (TPSA) is 34.1 Å². The molecule has 0 atom stereocenters. The number of carbonyl (C=O) groups excluding carboxylic acids is 2. The molecule has 0 aliphatic heterocycles. The predicted octanol–water partition coefficient (Wildman–Crippen LogP) is 4.80. The number of carbonyl (C=O) groups is 2. The molecule has 2 nitrogen and oxygen atoms in total. The molecule has 0 aromatic heterocycles. The summed E-state index contributed by atoms with van der Waals surface area (Å²) in [4.78, 5) is 24.9. The first-order chi connectivity index (χ1) is 9.61. The van der Waals surface area contributed by atoms with Crippen LogP contribution in [0.3, 0.4) is 0 Å². The Kier molecular flexibility index (Phi) is 4.66. The lowest BCUT2D eigenvalue weighted by molar-refractivity contribution is -0.136. The van der Waals surface area contributed by atoms with Crippen molar-refractivity contribution in [2.45, 2.75) is 79.6 Å². The highest BCUT2D eigenvalue weighted by atomic mass is 16.1. The zero-order valence-electron chi connectivity index (χ0n) is 14.5.